The Morgan fingerprint density at radius 3 is 2.79 bits per heavy atom. The van der Waals surface area contributed by atoms with Gasteiger partial charge in [-0.2, -0.15) is 0 Å². The molecule has 1 aliphatic carbocycles. The van der Waals surface area contributed by atoms with Crippen molar-refractivity contribution in [1.29, 1.82) is 0 Å². The summed E-state index contributed by atoms with van der Waals surface area (Å²) in [6, 6.07) is 6.98. The van der Waals surface area contributed by atoms with Crippen LogP contribution in [0.5, 0.6) is 0 Å². The van der Waals surface area contributed by atoms with E-state index in [1.165, 1.54) is 22.9 Å². The number of pyridine rings is 1. The fraction of sp³-hybridized carbons (Fsp3) is 0.391. The largest absolute Gasteiger partial charge is 0.481 e. The summed E-state index contributed by atoms with van der Waals surface area (Å²) in [5, 5.41) is 10.0. The SMILES string of the molecule is Cc1nc2sc3c(c2c(-c2ccccc2F)c1CCCCC(=O)O)CCCC3. The molecule has 0 atom stereocenters. The zero-order valence-electron chi connectivity index (χ0n) is 16.1. The first-order valence-corrected chi connectivity index (χ1v) is 10.8. The molecular formula is C23H24FNO2S. The van der Waals surface area contributed by atoms with Gasteiger partial charge in [0.2, 0.25) is 0 Å². The van der Waals surface area contributed by atoms with Crippen LogP contribution < -0.4 is 0 Å². The van der Waals surface area contributed by atoms with Gasteiger partial charge in [-0.1, -0.05) is 18.2 Å². The molecule has 0 saturated heterocycles. The van der Waals surface area contributed by atoms with Gasteiger partial charge in [-0.15, -0.1) is 11.3 Å². The fourth-order valence-corrected chi connectivity index (χ4v) is 5.60. The van der Waals surface area contributed by atoms with E-state index in [2.05, 4.69) is 0 Å². The minimum atomic E-state index is -0.772. The van der Waals surface area contributed by atoms with Gasteiger partial charge in [0.15, 0.2) is 0 Å². The Morgan fingerprint density at radius 2 is 2.00 bits per heavy atom. The summed E-state index contributed by atoms with van der Waals surface area (Å²) in [5.74, 6) is -0.983. The Bertz CT molecular complexity index is 1040. The Morgan fingerprint density at radius 1 is 1.21 bits per heavy atom. The van der Waals surface area contributed by atoms with Crippen molar-refractivity contribution in [1.82, 2.24) is 4.98 Å². The fourth-order valence-electron chi connectivity index (χ4n) is 4.28. The number of unbranched alkanes of at least 4 members (excludes halogenated alkanes) is 1. The third-order valence-corrected chi connectivity index (χ3v) is 6.81. The molecule has 1 aliphatic rings. The molecule has 0 unspecified atom stereocenters. The number of nitrogens with zero attached hydrogens (tertiary/aromatic N) is 1. The maximum absolute atomic E-state index is 14.9. The van der Waals surface area contributed by atoms with Crippen LogP contribution in [-0.2, 0) is 24.1 Å². The van der Waals surface area contributed by atoms with E-state index in [9.17, 15) is 9.18 Å². The van der Waals surface area contributed by atoms with Gasteiger partial charge in [-0.3, -0.25) is 4.79 Å². The molecule has 28 heavy (non-hydrogen) atoms. The molecular weight excluding hydrogens is 373 g/mol. The van der Waals surface area contributed by atoms with Crippen LogP contribution in [-0.4, -0.2) is 16.1 Å². The van der Waals surface area contributed by atoms with Gasteiger partial charge < -0.3 is 5.11 Å². The summed E-state index contributed by atoms with van der Waals surface area (Å²) in [6.07, 6.45) is 6.74. The molecule has 0 saturated carbocycles. The van der Waals surface area contributed by atoms with Crippen molar-refractivity contribution in [3.8, 4) is 11.1 Å². The van der Waals surface area contributed by atoms with Gasteiger partial charge in [0.1, 0.15) is 10.6 Å². The number of aromatic nitrogens is 1. The van der Waals surface area contributed by atoms with E-state index < -0.39 is 5.97 Å². The normalized spacial score (nSPS) is 13.6. The minimum absolute atomic E-state index is 0.164. The lowest BCUT2D eigenvalue weighted by molar-refractivity contribution is -0.137. The molecule has 2 heterocycles. The maximum atomic E-state index is 14.9. The third-order valence-electron chi connectivity index (χ3n) is 5.62. The molecule has 0 spiro atoms. The van der Waals surface area contributed by atoms with Gasteiger partial charge in [0, 0.05) is 33.5 Å². The van der Waals surface area contributed by atoms with Gasteiger partial charge in [0.25, 0.3) is 0 Å². The molecule has 146 valence electrons. The van der Waals surface area contributed by atoms with E-state index in [4.69, 9.17) is 10.1 Å². The van der Waals surface area contributed by atoms with Crippen LogP contribution in [0.1, 0.15) is 53.8 Å². The highest BCUT2D eigenvalue weighted by molar-refractivity contribution is 7.19. The van der Waals surface area contributed by atoms with Gasteiger partial charge in [-0.05, 0) is 69.1 Å². The van der Waals surface area contributed by atoms with Crippen LogP contribution in [0, 0.1) is 12.7 Å². The Kier molecular flexibility index (Phi) is 5.44. The average molecular weight is 398 g/mol. The van der Waals surface area contributed by atoms with Gasteiger partial charge in [0.05, 0.1) is 0 Å². The molecule has 3 nitrogen and oxygen atoms in total. The molecule has 0 fully saturated rings. The van der Waals surface area contributed by atoms with Crippen molar-refractivity contribution in [2.75, 3.05) is 0 Å². The Labute approximate surface area is 168 Å². The first kappa shape index (κ1) is 19.1. The summed E-state index contributed by atoms with van der Waals surface area (Å²) in [6.45, 7) is 2.00. The van der Waals surface area contributed by atoms with E-state index in [1.54, 1.807) is 17.4 Å². The minimum Gasteiger partial charge on any atom is -0.481 e. The van der Waals surface area contributed by atoms with Gasteiger partial charge in [-0.25, -0.2) is 9.37 Å². The molecule has 0 radical (unpaired) electrons. The zero-order chi connectivity index (χ0) is 19.7. The number of hydrogen-bond donors (Lipinski definition) is 1. The van der Waals surface area contributed by atoms with Crippen LogP contribution in [0.3, 0.4) is 0 Å². The highest BCUT2D eigenvalue weighted by Gasteiger charge is 2.24. The molecule has 3 aromatic rings. The number of benzene rings is 1. The molecule has 0 bridgehead atoms. The topological polar surface area (TPSA) is 50.2 Å². The standard InChI is InChI=1S/C23H24FNO2S/c1-14-15(8-4-7-13-20(26)27)21(16-9-2-5-11-18(16)24)22-17-10-3-6-12-19(17)28-23(22)25-14/h2,5,9,11H,3-4,6-8,10,12-13H2,1H3,(H,26,27). The van der Waals surface area contributed by atoms with Crippen molar-refractivity contribution in [2.24, 2.45) is 0 Å². The zero-order valence-corrected chi connectivity index (χ0v) is 16.9. The first-order chi connectivity index (χ1) is 13.6. The molecule has 1 aromatic carbocycles. The highest BCUT2D eigenvalue weighted by atomic mass is 32.1. The third kappa shape index (κ3) is 3.55. The lowest BCUT2D eigenvalue weighted by atomic mass is 9.88. The second-order valence-corrected chi connectivity index (χ2v) is 8.61. The van der Waals surface area contributed by atoms with Crippen molar-refractivity contribution in [3.05, 3.63) is 51.8 Å². The number of aliphatic carboxylic acids is 1. The number of carboxylic acid groups (broad SMARTS) is 1. The van der Waals surface area contributed by atoms with Crippen LogP contribution in [0.15, 0.2) is 24.3 Å². The van der Waals surface area contributed by atoms with Crippen molar-refractivity contribution >= 4 is 27.5 Å². The van der Waals surface area contributed by atoms with E-state index in [0.717, 1.165) is 59.1 Å². The van der Waals surface area contributed by atoms with E-state index >= 15 is 0 Å². The lowest BCUT2D eigenvalue weighted by Crippen LogP contribution is -2.03. The number of aryl methyl sites for hydroxylation is 3. The van der Waals surface area contributed by atoms with E-state index in [1.807, 2.05) is 19.1 Å². The number of carboxylic acids is 1. The number of fused-ring (bicyclic) bond motifs is 3. The van der Waals surface area contributed by atoms with Crippen molar-refractivity contribution in [2.45, 2.75) is 58.3 Å². The quantitative estimate of drug-likeness (QED) is 0.512. The van der Waals surface area contributed by atoms with E-state index in [-0.39, 0.29) is 12.2 Å². The number of carbonyl (C=O) groups is 1. The number of halogens is 1. The lowest BCUT2D eigenvalue weighted by Gasteiger charge is -2.17. The summed E-state index contributed by atoms with van der Waals surface area (Å²) < 4.78 is 14.9. The molecule has 1 N–H and O–H groups in total. The van der Waals surface area contributed by atoms with Gasteiger partial charge >= 0.3 is 5.97 Å². The molecule has 2 aromatic heterocycles. The Balaban J connectivity index is 1.89. The van der Waals surface area contributed by atoms with Crippen LogP contribution in [0.25, 0.3) is 21.3 Å². The second-order valence-electron chi connectivity index (χ2n) is 7.52. The second kappa shape index (κ2) is 8.00. The molecule has 5 heteroatoms. The Hall–Kier alpha value is -2.27. The monoisotopic (exact) mass is 397 g/mol. The van der Waals surface area contributed by atoms with E-state index in [0.29, 0.717) is 12.0 Å². The predicted octanol–water partition coefficient (Wildman–Crippen LogP) is 6.09. The summed E-state index contributed by atoms with van der Waals surface area (Å²) in [4.78, 5) is 18.1. The number of rotatable bonds is 6. The van der Waals surface area contributed by atoms with Crippen LogP contribution in [0.4, 0.5) is 4.39 Å². The predicted molar refractivity (Wildman–Crippen MR) is 112 cm³/mol. The smallest absolute Gasteiger partial charge is 0.303 e. The number of hydrogen-bond acceptors (Lipinski definition) is 3. The summed E-state index contributed by atoms with van der Waals surface area (Å²) in [7, 11) is 0. The van der Waals surface area contributed by atoms with Crippen molar-refractivity contribution in [3.63, 3.8) is 0 Å². The molecule has 0 aliphatic heterocycles. The summed E-state index contributed by atoms with van der Waals surface area (Å²) in [5.41, 5.74) is 4.96. The van der Waals surface area contributed by atoms with Crippen LogP contribution in [0.2, 0.25) is 0 Å². The highest BCUT2D eigenvalue weighted by Crippen LogP contribution is 2.43. The summed E-state index contributed by atoms with van der Waals surface area (Å²) >= 11 is 1.76. The average Bonchev–Trinajstić information content (AvgIpc) is 3.03. The maximum Gasteiger partial charge on any atom is 0.303 e. The first-order valence-electron chi connectivity index (χ1n) is 9.96. The molecule has 4 rings (SSSR count). The number of thiophene rings is 1. The van der Waals surface area contributed by atoms with Crippen molar-refractivity contribution < 1.29 is 14.3 Å². The molecule has 0 amide bonds. The van der Waals surface area contributed by atoms with Crippen LogP contribution >= 0.6 is 11.3 Å².